The number of ether oxygens (including phenoxy) is 1. The van der Waals surface area contributed by atoms with E-state index in [0.717, 1.165) is 5.39 Å². The molecule has 1 aromatic carbocycles. The minimum absolute atomic E-state index is 0.160. The zero-order valence-corrected chi connectivity index (χ0v) is 12.1. The van der Waals surface area contributed by atoms with E-state index >= 15 is 0 Å². The molecule has 0 atom stereocenters. The molecule has 1 aromatic heterocycles. The lowest BCUT2D eigenvalue weighted by Gasteiger charge is -2.16. The normalized spacial score (nSPS) is 11.2. The first-order valence-electron chi connectivity index (χ1n) is 6.63. The van der Waals surface area contributed by atoms with Gasteiger partial charge in [-0.3, -0.25) is 4.79 Å². The van der Waals surface area contributed by atoms with Gasteiger partial charge in [-0.25, -0.2) is 0 Å². The van der Waals surface area contributed by atoms with E-state index in [4.69, 9.17) is 14.9 Å². The Hall–Kier alpha value is -2.01. The molecule has 1 heterocycles. The number of anilines is 1. The van der Waals surface area contributed by atoms with E-state index in [9.17, 15) is 4.79 Å². The monoisotopic (exact) mass is 276 g/mol. The van der Waals surface area contributed by atoms with E-state index in [1.807, 2.05) is 13.8 Å². The number of nitrogens with two attached hydrogens (primary N) is 1. The Morgan fingerprint density at radius 3 is 2.85 bits per heavy atom. The fourth-order valence-corrected chi connectivity index (χ4v) is 1.88. The molecule has 0 aliphatic heterocycles. The van der Waals surface area contributed by atoms with E-state index in [-0.39, 0.29) is 12.0 Å². The number of nitrogens with zero attached hydrogens (tertiary/aromatic N) is 1. The zero-order chi connectivity index (χ0) is 14.7. The molecule has 5 heteroatoms. The van der Waals surface area contributed by atoms with Gasteiger partial charge in [0.2, 0.25) is 0 Å². The summed E-state index contributed by atoms with van der Waals surface area (Å²) in [6.07, 6.45) is 0.160. The van der Waals surface area contributed by atoms with Crippen molar-refractivity contribution in [2.45, 2.75) is 20.0 Å². The maximum atomic E-state index is 12.2. The Morgan fingerprint density at radius 1 is 1.40 bits per heavy atom. The van der Waals surface area contributed by atoms with Crippen LogP contribution in [0.3, 0.4) is 0 Å². The van der Waals surface area contributed by atoms with Gasteiger partial charge in [-0.15, -0.1) is 0 Å². The number of hydrogen-bond acceptors (Lipinski definition) is 4. The third-order valence-electron chi connectivity index (χ3n) is 2.98. The van der Waals surface area contributed by atoms with Crippen molar-refractivity contribution in [3.05, 3.63) is 30.0 Å². The topological polar surface area (TPSA) is 68.7 Å². The van der Waals surface area contributed by atoms with Gasteiger partial charge < -0.3 is 19.8 Å². The lowest BCUT2D eigenvalue weighted by molar-refractivity contribution is 0.0517. The van der Waals surface area contributed by atoms with Crippen LogP contribution in [0.15, 0.2) is 28.7 Å². The molecule has 0 aliphatic rings. The van der Waals surface area contributed by atoms with Crippen LogP contribution in [0.5, 0.6) is 0 Å². The first kappa shape index (κ1) is 14.4. The lowest BCUT2D eigenvalue weighted by Crippen LogP contribution is -2.30. The highest BCUT2D eigenvalue weighted by atomic mass is 16.5. The summed E-state index contributed by atoms with van der Waals surface area (Å²) in [6.45, 7) is 4.96. The van der Waals surface area contributed by atoms with E-state index in [2.05, 4.69) is 0 Å². The quantitative estimate of drug-likeness (QED) is 0.852. The second-order valence-corrected chi connectivity index (χ2v) is 5.05. The van der Waals surface area contributed by atoms with E-state index in [1.165, 1.54) is 0 Å². The van der Waals surface area contributed by atoms with Crippen molar-refractivity contribution in [3.8, 4) is 0 Å². The van der Waals surface area contributed by atoms with E-state index < -0.39 is 0 Å². The Bertz CT molecular complexity index is 604. The zero-order valence-electron chi connectivity index (χ0n) is 12.1. The molecule has 0 fully saturated rings. The van der Waals surface area contributed by atoms with Crippen LogP contribution in [0.4, 0.5) is 5.69 Å². The van der Waals surface area contributed by atoms with Crippen LogP contribution in [-0.2, 0) is 4.74 Å². The molecule has 20 heavy (non-hydrogen) atoms. The summed E-state index contributed by atoms with van der Waals surface area (Å²) < 4.78 is 11.0. The molecule has 5 nitrogen and oxygen atoms in total. The van der Waals surface area contributed by atoms with Crippen LogP contribution in [0.25, 0.3) is 11.0 Å². The molecule has 0 bridgehead atoms. The second-order valence-electron chi connectivity index (χ2n) is 5.05. The van der Waals surface area contributed by atoms with Crippen molar-refractivity contribution in [2.75, 3.05) is 25.9 Å². The minimum Gasteiger partial charge on any atom is -0.451 e. The van der Waals surface area contributed by atoms with Gasteiger partial charge >= 0.3 is 0 Å². The van der Waals surface area contributed by atoms with Crippen molar-refractivity contribution in [3.63, 3.8) is 0 Å². The maximum absolute atomic E-state index is 12.2. The molecule has 0 spiro atoms. The number of rotatable bonds is 5. The van der Waals surface area contributed by atoms with Crippen molar-refractivity contribution in [1.82, 2.24) is 4.90 Å². The van der Waals surface area contributed by atoms with E-state index in [0.29, 0.717) is 30.2 Å². The third-order valence-corrected chi connectivity index (χ3v) is 2.98. The van der Waals surface area contributed by atoms with Gasteiger partial charge in [-0.05, 0) is 38.1 Å². The summed E-state index contributed by atoms with van der Waals surface area (Å²) in [7, 11) is 1.73. The number of carbonyl (C=O) groups excluding carboxylic acids is 1. The van der Waals surface area contributed by atoms with Crippen molar-refractivity contribution < 1.29 is 13.9 Å². The van der Waals surface area contributed by atoms with Gasteiger partial charge in [0.1, 0.15) is 5.58 Å². The largest absolute Gasteiger partial charge is 0.451 e. The van der Waals surface area contributed by atoms with E-state index in [1.54, 1.807) is 36.2 Å². The van der Waals surface area contributed by atoms with Gasteiger partial charge in [0.15, 0.2) is 5.76 Å². The molecule has 0 saturated carbocycles. The maximum Gasteiger partial charge on any atom is 0.289 e. The van der Waals surface area contributed by atoms with Gasteiger partial charge in [0.25, 0.3) is 5.91 Å². The number of amides is 1. The molecule has 108 valence electrons. The number of carbonyl (C=O) groups is 1. The minimum atomic E-state index is -0.160. The summed E-state index contributed by atoms with van der Waals surface area (Å²) in [5, 5.41) is 0.834. The van der Waals surface area contributed by atoms with Crippen LogP contribution < -0.4 is 5.73 Å². The van der Waals surface area contributed by atoms with Crippen LogP contribution >= 0.6 is 0 Å². The molecular weight excluding hydrogens is 256 g/mol. The first-order chi connectivity index (χ1) is 9.47. The van der Waals surface area contributed by atoms with Crippen molar-refractivity contribution >= 4 is 22.6 Å². The Labute approximate surface area is 118 Å². The average Bonchev–Trinajstić information content (AvgIpc) is 2.80. The summed E-state index contributed by atoms with van der Waals surface area (Å²) in [5.74, 6) is 0.157. The molecule has 0 unspecified atom stereocenters. The number of benzene rings is 1. The standard InChI is InChI=1S/C15H20N2O3/c1-10(2)19-7-6-17(3)15(18)14-9-11-8-12(16)4-5-13(11)20-14/h4-5,8-10H,6-7,16H2,1-3H3. The molecule has 1 amide bonds. The van der Waals surface area contributed by atoms with Gasteiger partial charge in [-0.1, -0.05) is 0 Å². The van der Waals surface area contributed by atoms with Gasteiger partial charge in [-0.2, -0.15) is 0 Å². The highest BCUT2D eigenvalue weighted by Crippen LogP contribution is 2.22. The second kappa shape index (κ2) is 5.96. The summed E-state index contributed by atoms with van der Waals surface area (Å²) in [6, 6.07) is 7.02. The number of fused-ring (bicyclic) bond motifs is 1. The van der Waals surface area contributed by atoms with Crippen LogP contribution in [0.1, 0.15) is 24.4 Å². The lowest BCUT2D eigenvalue weighted by atomic mass is 10.2. The fraction of sp³-hybridized carbons (Fsp3) is 0.400. The Morgan fingerprint density at radius 2 is 2.15 bits per heavy atom. The SMILES string of the molecule is CC(C)OCCN(C)C(=O)c1cc2cc(N)ccc2o1. The smallest absolute Gasteiger partial charge is 0.289 e. The molecule has 2 N–H and O–H groups in total. The van der Waals surface area contributed by atoms with Gasteiger partial charge in [0, 0.05) is 24.7 Å². The number of hydrogen-bond donors (Lipinski definition) is 1. The fourth-order valence-electron chi connectivity index (χ4n) is 1.88. The highest BCUT2D eigenvalue weighted by molar-refractivity contribution is 5.96. The number of furan rings is 1. The molecule has 2 aromatic rings. The summed E-state index contributed by atoms with van der Waals surface area (Å²) in [5.41, 5.74) is 7.02. The van der Waals surface area contributed by atoms with Crippen molar-refractivity contribution in [1.29, 1.82) is 0 Å². The Balaban J connectivity index is 2.06. The summed E-state index contributed by atoms with van der Waals surface area (Å²) in [4.78, 5) is 13.8. The molecular formula is C15H20N2O3. The van der Waals surface area contributed by atoms with Gasteiger partial charge in [0.05, 0.1) is 12.7 Å². The molecule has 0 saturated heterocycles. The van der Waals surface area contributed by atoms with Crippen LogP contribution in [-0.4, -0.2) is 37.1 Å². The number of nitrogen functional groups attached to an aromatic ring is 1. The predicted molar refractivity (Wildman–Crippen MR) is 78.7 cm³/mol. The Kier molecular flexibility index (Phi) is 4.29. The molecule has 2 rings (SSSR count). The van der Waals surface area contributed by atoms with Crippen molar-refractivity contribution in [2.24, 2.45) is 0 Å². The van der Waals surface area contributed by atoms with Crippen LogP contribution in [0.2, 0.25) is 0 Å². The molecule has 0 radical (unpaired) electrons. The average molecular weight is 276 g/mol. The highest BCUT2D eigenvalue weighted by Gasteiger charge is 2.16. The predicted octanol–water partition coefficient (Wildman–Crippen LogP) is 2.51. The summed E-state index contributed by atoms with van der Waals surface area (Å²) >= 11 is 0. The van der Waals surface area contributed by atoms with Crippen LogP contribution in [0, 0.1) is 0 Å². The first-order valence-corrected chi connectivity index (χ1v) is 6.63. The molecule has 0 aliphatic carbocycles. The number of likely N-dealkylation sites (N-methyl/N-ethyl adjacent to an activating group) is 1. The third kappa shape index (κ3) is 3.30.